The van der Waals surface area contributed by atoms with Crippen molar-refractivity contribution in [2.45, 2.75) is 6.42 Å². The molecule has 0 saturated carbocycles. The Bertz CT molecular complexity index is 586. The van der Waals surface area contributed by atoms with Crippen molar-refractivity contribution in [1.82, 2.24) is 15.2 Å². The van der Waals surface area contributed by atoms with E-state index in [1.807, 2.05) is 0 Å². The Morgan fingerprint density at radius 3 is 2.61 bits per heavy atom. The number of aromatic amines is 2. The van der Waals surface area contributed by atoms with Crippen molar-refractivity contribution in [3.8, 4) is 0 Å². The van der Waals surface area contributed by atoms with Gasteiger partial charge in [0.2, 0.25) is 0 Å². The van der Waals surface area contributed by atoms with Gasteiger partial charge in [-0.05, 0) is 12.1 Å². The Morgan fingerprint density at radius 2 is 2.06 bits per heavy atom. The van der Waals surface area contributed by atoms with Crippen LogP contribution in [0.4, 0.5) is 11.4 Å². The summed E-state index contributed by atoms with van der Waals surface area (Å²) in [5.74, 6) is 0.564. The van der Waals surface area contributed by atoms with Crippen LogP contribution in [0.2, 0.25) is 0 Å². The molecule has 3 N–H and O–H groups in total. The van der Waals surface area contributed by atoms with Gasteiger partial charge < -0.3 is 5.32 Å². The van der Waals surface area contributed by atoms with Crippen molar-refractivity contribution in [1.29, 1.82) is 0 Å². The minimum absolute atomic E-state index is 0.0529. The van der Waals surface area contributed by atoms with E-state index >= 15 is 0 Å². The van der Waals surface area contributed by atoms with Crippen LogP contribution in [0, 0.1) is 10.1 Å². The van der Waals surface area contributed by atoms with Crippen LogP contribution < -0.4 is 11.0 Å². The van der Waals surface area contributed by atoms with Crippen LogP contribution in [0.5, 0.6) is 0 Å². The lowest BCUT2D eigenvalue weighted by Crippen LogP contribution is -2.07. The van der Waals surface area contributed by atoms with Crippen molar-refractivity contribution in [3.63, 3.8) is 0 Å². The summed E-state index contributed by atoms with van der Waals surface area (Å²) in [6.07, 6.45) is 0.551. The Labute approximate surface area is 101 Å². The van der Waals surface area contributed by atoms with E-state index in [-0.39, 0.29) is 11.4 Å². The lowest BCUT2D eigenvalue weighted by Gasteiger charge is -2.04. The van der Waals surface area contributed by atoms with Gasteiger partial charge in [-0.15, -0.1) is 0 Å². The highest BCUT2D eigenvalue weighted by Crippen LogP contribution is 2.15. The van der Waals surface area contributed by atoms with Gasteiger partial charge in [0.15, 0.2) is 0 Å². The average molecular weight is 249 g/mol. The third-order valence-corrected chi connectivity index (χ3v) is 2.32. The largest absolute Gasteiger partial charge is 0.385 e. The maximum Gasteiger partial charge on any atom is 0.340 e. The number of nitro groups is 1. The number of nitrogens with zero attached hydrogens (tertiary/aromatic N) is 2. The molecule has 8 heteroatoms. The molecule has 0 radical (unpaired) electrons. The highest BCUT2D eigenvalue weighted by atomic mass is 16.6. The van der Waals surface area contributed by atoms with Gasteiger partial charge in [0, 0.05) is 30.8 Å². The third-order valence-electron chi connectivity index (χ3n) is 2.32. The smallest absolute Gasteiger partial charge is 0.340 e. The lowest BCUT2D eigenvalue weighted by atomic mass is 10.3. The van der Waals surface area contributed by atoms with Gasteiger partial charge in [0.1, 0.15) is 5.82 Å². The molecule has 0 amide bonds. The summed E-state index contributed by atoms with van der Waals surface area (Å²) in [6, 6.07) is 6.12. The molecule has 0 aliphatic carbocycles. The second kappa shape index (κ2) is 5.13. The maximum absolute atomic E-state index is 10.8. The zero-order chi connectivity index (χ0) is 13.0. The fraction of sp³-hybridized carbons (Fsp3) is 0.200. The van der Waals surface area contributed by atoms with Gasteiger partial charge in [-0.2, -0.15) is 5.10 Å². The molecule has 0 aliphatic heterocycles. The maximum atomic E-state index is 10.8. The fourth-order valence-corrected chi connectivity index (χ4v) is 1.45. The molecule has 18 heavy (non-hydrogen) atoms. The third kappa shape index (κ3) is 2.94. The number of hydrogen-bond donors (Lipinski definition) is 3. The number of nitrogens with one attached hydrogen (secondary N) is 3. The van der Waals surface area contributed by atoms with Crippen LogP contribution in [-0.4, -0.2) is 26.6 Å². The summed E-state index contributed by atoms with van der Waals surface area (Å²) in [5, 5.41) is 19.6. The van der Waals surface area contributed by atoms with Crippen molar-refractivity contribution < 1.29 is 4.92 Å². The van der Waals surface area contributed by atoms with E-state index in [0.29, 0.717) is 18.8 Å². The molecule has 0 fully saturated rings. The van der Waals surface area contributed by atoms with Crippen LogP contribution in [0.3, 0.4) is 0 Å². The topological polar surface area (TPSA) is 117 Å². The first-order valence-corrected chi connectivity index (χ1v) is 5.27. The SMILES string of the molecule is O=c1[nH]nc(CCNc2ccc([N+](=O)[O-])cc2)[nH]1. The van der Waals surface area contributed by atoms with Crippen LogP contribution in [0.15, 0.2) is 29.1 Å². The lowest BCUT2D eigenvalue weighted by molar-refractivity contribution is -0.384. The van der Waals surface area contributed by atoms with Crippen molar-refractivity contribution >= 4 is 11.4 Å². The van der Waals surface area contributed by atoms with E-state index in [1.165, 1.54) is 12.1 Å². The van der Waals surface area contributed by atoms with E-state index in [4.69, 9.17) is 0 Å². The zero-order valence-electron chi connectivity index (χ0n) is 9.34. The molecular formula is C10H11N5O3. The molecule has 2 aromatic rings. The minimum Gasteiger partial charge on any atom is -0.385 e. The van der Waals surface area contributed by atoms with Crippen molar-refractivity contribution in [2.24, 2.45) is 0 Å². The van der Waals surface area contributed by atoms with Crippen molar-refractivity contribution in [3.05, 3.63) is 50.7 Å². The van der Waals surface area contributed by atoms with Crippen LogP contribution in [-0.2, 0) is 6.42 Å². The van der Waals surface area contributed by atoms with Gasteiger partial charge >= 0.3 is 5.69 Å². The molecule has 0 spiro atoms. The first-order chi connectivity index (χ1) is 8.65. The highest BCUT2D eigenvalue weighted by Gasteiger charge is 2.03. The fourth-order valence-electron chi connectivity index (χ4n) is 1.45. The summed E-state index contributed by atoms with van der Waals surface area (Å²) in [7, 11) is 0. The second-order valence-corrected chi connectivity index (χ2v) is 3.61. The van der Waals surface area contributed by atoms with Gasteiger partial charge in [0.05, 0.1) is 4.92 Å². The number of nitro benzene ring substituents is 1. The number of H-pyrrole nitrogens is 2. The number of rotatable bonds is 5. The van der Waals surface area contributed by atoms with Gasteiger partial charge in [0.25, 0.3) is 5.69 Å². The van der Waals surface area contributed by atoms with Gasteiger partial charge in [-0.3, -0.25) is 15.1 Å². The number of non-ortho nitro benzene ring substituents is 1. The van der Waals surface area contributed by atoms with E-state index in [9.17, 15) is 14.9 Å². The molecule has 0 unspecified atom stereocenters. The molecule has 0 atom stereocenters. The van der Waals surface area contributed by atoms with E-state index in [1.54, 1.807) is 12.1 Å². The molecule has 1 aromatic heterocycles. The van der Waals surface area contributed by atoms with Crippen LogP contribution in [0.25, 0.3) is 0 Å². The number of hydrogen-bond acceptors (Lipinski definition) is 5. The van der Waals surface area contributed by atoms with Gasteiger partial charge in [-0.25, -0.2) is 9.89 Å². The normalized spacial score (nSPS) is 10.2. The van der Waals surface area contributed by atoms with E-state index < -0.39 is 4.92 Å². The molecule has 94 valence electrons. The quantitative estimate of drug-likeness (QED) is 0.531. The summed E-state index contributed by atoms with van der Waals surface area (Å²) in [5.41, 5.74) is 0.496. The zero-order valence-corrected chi connectivity index (χ0v) is 9.34. The predicted molar refractivity (Wildman–Crippen MR) is 64.5 cm³/mol. The first-order valence-electron chi connectivity index (χ1n) is 5.27. The first kappa shape index (κ1) is 11.8. The monoisotopic (exact) mass is 249 g/mol. The molecule has 0 bridgehead atoms. The number of anilines is 1. The summed E-state index contributed by atoms with van der Waals surface area (Å²) >= 11 is 0. The summed E-state index contributed by atoms with van der Waals surface area (Å²) in [4.78, 5) is 23.3. The van der Waals surface area contributed by atoms with E-state index in [2.05, 4.69) is 20.5 Å². The van der Waals surface area contributed by atoms with E-state index in [0.717, 1.165) is 5.69 Å². The molecule has 1 aromatic carbocycles. The van der Waals surface area contributed by atoms with Crippen molar-refractivity contribution in [2.75, 3.05) is 11.9 Å². The predicted octanol–water partition coefficient (Wildman–Crippen LogP) is 0.661. The highest BCUT2D eigenvalue weighted by molar-refractivity contribution is 5.48. The number of aromatic nitrogens is 3. The molecule has 2 rings (SSSR count). The Hall–Kier alpha value is -2.64. The standard InChI is InChI=1S/C10H11N5O3/c16-10-12-9(13-14-10)5-6-11-7-1-3-8(4-2-7)15(17)18/h1-4,11H,5-6H2,(H2,12,13,14,16). The minimum atomic E-state index is -0.446. The molecular weight excluding hydrogens is 238 g/mol. The van der Waals surface area contributed by atoms with Crippen LogP contribution in [0.1, 0.15) is 5.82 Å². The molecule has 0 saturated heterocycles. The Kier molecular flexibility index (Phi) is 3.37. The molecule has 1 heterocycles. The Balaban J connectivity index is 1.86. The van der Waals surface area contributed by atoms with Crippen LogP contribution >= 0.6 is 0 Å². The summed E-state index contributed by atoms with van der Waals surface area (Å²) in [6.45, 7) is 0.568. The average Bonchev–Trinajstić information content (AvgIpc) is 2.76. The summed E-state index contributed by atoms with van der Waals surface area (Å²) < 4.78 is 0. The Morgan fingerprint density at radius 1 is 1.33 bits per heavy atom. The molecule has 8 nitrogen and oxygen atoms in total. The molecule has 0 aliphatic rings. The second-order valence-electron chi connectivity index (χ2n) is 3.61. The number of benzene rings is 1. The van der Waals surface area contributed by atoms with Gasteiger partial charge in [-0.1, -0.05) is 0 Å².